The van der Waals surface area contributed by atoms with Crippen LogP contribution in [0.1, 0.15) is 5.56 Å². The number of hydrogen-bond acceptors (Lipinski definition) is 2. The van der Waals surface area contributed by atoms with Crippen LogP contribution in [0.5, 0.6) is 0 Å². The van der Waals surface area contributed by atoms with Crippen molar-refractivity contribution < 1.29 is 13.2 Å². The van der Waals surface area contributed by atoms with Gasteiger partial charge in [-0.15, -0.1) is 0 Å². The van der Waals surface area contributed by atoms with Gasteiger partial charge in [0.05, 0.1) is 5.56 Å². The van der Waals surface area contributed by atoms with Gasteiger partial charge in [-0.3, -0.25) is 0 Å². The molecule has 0 amide bonds. The van der Waals surface area contributed by atoms with Crippen molar-refractivity contribution in [2.75, 3.05) is 5.73 Å². The first-order valence-corrected chi connectivity index (χ1v) is 3.28. The quantitative estimate of drug-likeness (QED) is 0.386. The Morgan fingerprint density at radius 1 is 1.15 bits per heavy atom. The Kier molecular flexibility index (Phi) is 2.10. The first-order valence-electron chi connectivity index (χ1n) is 3.28. The Morgan fingerprint density at radius 3 is 2.15 bits per heavy atom. The average Bonchev–Trinajstić information content (AvgIpc) is 2.13. The molecule has 0 saturated carbocycles. The van der Waals surface area contributed by atoms with Crippen molar-refractivity contribution in [3.8, 4) is 0 Å². The zero-order valence-electron chi connectivity index (χ0n) is 6.61. The van der Waals surface area contributed by atoms with Gasteiger partial charge in [-0.2, -0.15) is 0 Å². The Labute approximate surface area is 71.6 Å². The highest BCUT2D eigenvalue weighted by molar-refractivity contribution is 5.71. The van der Waals surface area contributed by atoms with Gasteiger partial charge in [-0.1, -0.05) is 0 Å². The lowest BCUT2D eigenvalue weighted by atomic mass is 10.1. The zero-order chi connectivity index (χ0) is 10.2. The molecular formula is C7H5F3N3+. The number of nitrogens with zero attached hydrogens (tertiary/aromatic N) is 2. The molecule has 0 aromatic heterocycles. The van der Waals surface area contributed by atoms with Gasteiger partial charge in [0.2, 0.25) is 5.39 Å². The number of halogens is 3. The second kappa shape index (κ2) is 2.94. The molecule has 0 spiro atoms. The molecule has 3 nitrogen and oxygen atoms in total. The third kappa shape index (κ3) is 1.18. The molecule has 0 aliphatic carbocycles. The topological polar surface area (TPSA) is 54.2 Å². The molecule has 2 N–H and O–H groups in total. The fraction of sp³-hybridized carbons (Fsp3) is 0.143. The average molecular weight is 188 g/mol. The Hall–Kier alpha value is -1.77. The summed E-state index contributed by atoms with van der Waals surface area (Å²) in [4.78, 5) is 2.56. The summed E-state index contributed by atoms with van der Waals surface area (Å²) in [6.45, 7) is 1.13. The van der Waals surface area contributed by atoms with E-state index in [9.17, 15) is 13.2 Å². The van der Waals surface area contributed by atoms with Crippen LogP contribution in [0.3, 0.4) is 0 Å². The minimum atomic E-state index is -1.66. The van der Waals surface area contributed by atoms with Gasteiger partial charge in [0.1, 0.15) is 0 Å². The molecule has 1 aromatic rings. The van der Waals surface area contributed by atoms with Crippen molar-refractivity contribution in [3.05, 3.63) is 28.0 Å². The van der Waals surface area contributed by atoms with Crippen molar-refractivity contribution in [1.29, 1.82) is 5.39 Å². The van der Waals surface area contributed by atoms with E-state index >= 15 is 0 Å². The molecule has 13 heavy (non-hydrogen) atoms. The maximum Gasteiger partial charge on any atom is 0.416 e. The molecular weight excluding hydrogens is 183 g/mol. The van der Waals surface area contributed by atoms with E-state index in [0.717, 1.165) is 6.92 Å². The van der Waals surface area contributed by atoms with Crippen LogP contribution in [0.25, 0.3) is 4.98 Å². The van der Waals surface area contributed by atoms with Crippen LogP contribution in [0, 0.1) is 29.8 Å². The molecule has 0 bridgehead atoms. The van der Waals surface area contributed by atoms with E-state index in [-0.39, 0.29) is 5.56 Å². The van der Waals surface area contributed by atoms with E-state index in [1.165, 1.54) is 0 Å². The van der Waals surface area contributed by atoms with E-state index in [1.807, 2.05) is 0 Å². The number of rotatable bonds is 0. The molecule has 6 heteroatoms. The molecule has 0 radical (unpaired) electrons. The van der Waals surface area contributed by atoms with Gasteiger partial charge in [0, 0.05) is 0 Å². The number of benzene rings is 1. The Balaban J connectivity index is 3.69. The number of nitrogens with two attached hydrogens (primary N) is 1. The van der Waals surface area contributed by atoms with E-state index < -0.39 is 28.8 Å². The normalized spacial score (nSPS) is 9.77. The first-order chi connectivity index (χ1) is 6.00. The van der Waals surface area contributed by atoms with Gasteiger partial charge in [0.25, 0.3) is 0 Å². The number of anilines is 1. The fourth-order valence-corrected chi connectivity index (χ4v) is 0.918. The van der Waals surface area contributed by atoms with Gasteiger partial charge in [-0.05, 0) is 6.92 Å². The maximum atomic E-state index is 12.8. The molecule has 0 aliphatic heterocycles. The third-order valence-corrected chi connectivity index (χ3v) is 1.66. The summed E-state index contributed by atoms with van der Waals surface area (Å²) in [6.07, 6.45) is 0. The van der Waals surface area contributed by atoms with Crippen molar-refractivity contribution in [2.45, 2.75) is 6.92 Å². The van der Waals surface area contributed by atoms with Gasteiger partial charge in [0.15, 0.2) is 28.1 Å². The van der Waals surface area contributed by atoms with Crippen LogP contribution in [-0.4, -0.2) is 0 Å². The minimum Gasteiger partial charge on any atom is -0.390 e. The summed E-state index contributed by atoms with van der Waals surface area (Å²) >= 11 is 0. The minimum absolute atomic E-state index is 0.334. The van der Waals surface area contributed by atoms with Crippen molar-refractivity contribution in [1.82, 2.24) is 0 Å². The Morgan fingerprint density at radius 2 is 1.69 bits per heavy atom. The second-order valence-corrected chi connectivity index (χ2v) is 2.43. The summed E-state index contributed by atoms with van der Waals surface area (Å²) in [5, 5.41) is 8.33. The highest BCUT2D eigenvalue weighted by Gasteiger charge is 2.28. The summed E-state index contributed by atoms with van der Waals surface area (Å²) in [7, 11) is 0. The van der Waals surface area contributed by atoms with Crippen molar-refractivity contribution in [3.63, 3.8) is 0 Å². The summed E-state index contributed by atoms with van der Waals surface area (Å²) in [5.74, 6) is -4.61. The SMILES string of the molecule is Cc1c(F)c(F)c(F)c(N)c1[N+]#N. The molecule has 68 valence electrons. The molecule has 0 heterocycles. The first kappa shape index (κ1) is 9.32. The number of hydrogen-bond donors (Lipinski definition) is 1. The lowest BCUT2D eigenvalue weighted by Gasteiger charge is -1.99. The van der Waals surface area contributed by atoms with E-state index in [2.05, 4.69) is 4.98 Å². The zero-order valence-corrected chi connectivity index (χ0v) is 6.61. The smallest absolute Gasteiger partial charge is 0.390 e. The van der Waals surface area contributed by atoms with Gasteiger partial charge in [-0.25, -0.2) is 13.2 Å². The van der Waals surface area contributed by atoms with Crippen LogP contribution >= 0.6 is 0 Å². The number of diazo groups is 1. The lowest BCUT2D eigenvalue weighted by Crippen LogP contribution is -2.01. The fourth-order valence-electron chi connectivity index (χ4n) is 0.918. The second-order valence-electron chi connectivity index (χ2n) is 2.43. The predicted octanol–water partition coefficient (Wildman–Crippen LogP) is 2.48. The number of nitrogen functional groups attached to an aromatic ring is 1. The Bertz CT molecular complexity index is 379. The largest absolute Gasteiger partial charge is 0.416 e. The maximum absolute atomic E-state index is 12.8. The van der Waals surface area contributed by atoms with E-state index in [0.29, 0.717) is 0 Å². The monoisotopic (exact) mass is 188 g/mol. The summed E-state index contributed by atoms with van der Waals surface area (Å²) in [6, 6.07) is 0. The third-order valence-electron chi connectivity index (χ3n) is 1.66. The van der Waals surface area contributed by atoms with Crippen LogP contribution in [0.15, 0.2) is 0 Å². The van der Waals surface area contributed by atoms with Crippen LogP contribution in [0.2, 0.25) is 0 Å². The van der Waals surface area contributed by atoms with Crippen molar-refractivity contribution in [2.24, 2.45) is 0 Å². The molecule has 0 saturated heterocycles. The highest BCUT2D eigenvalue weighted by Crippen LogP contribution is 2.33. The van der Waals surface area contributed by atoms with E-state index in [4.69, 9.17) is 11.1 Å². The van der Waals surface area contributed by atoms with Crippen LogP contribution in [0.4, 0.5) is 24.5 Å². The van der Waals surface area contributed by atoms with Crippen LogP contribution < -0.4 is 5.73 Å². The molecule has 0 fully saturated rings. The molecule has 1 rings (SSSR count). The molecule has 1 aromatic carbocycles. The summed E-state index contributed by atoms with van der Waals surface area (Å²) in [5.41, 5.74) is 3.50. The van der Waals surface area contributed by atoms with E-state index in [1.54, 1.807) is 0 Å². The van der Waals surface area contributed by atoms with Crippen molar-refractivity contribution >= 4 is 11.4 Å². The standard InChI is InChI=1S/C7H5F3N3/c1-2-3(8)4(9)5(10)6(11)7(2)13-12/h11H2,1H3/q+1. The highest BCUT2D eigenvalue weighted by atomic mass is 19.2. The van der Waals surface area contributed by atoms with Crippen LogP contribution in [-0.2, 0) is 0 Å². The molecule has 0 atom stereocenters. The van der Waals surface area contributed by atoms with Gasteiger partial charge < -0.3 is 5.73 Å². The lowest BCUT2D eigenvalue weighted by molar-refractivity contribution is 0.447. The molecule has 0 aliphatic rings. The van der Waals surface area contributed by atoms with Gasteiger partial charge >= 0.3 is 5.69 Å². The molecule has 0 unspecified atom stereocenters. The summed E-state index contributed by atoms with van der Waals surface area (Å²) < 4.78 is 38.1. The predicted molar refractivity (Wildman–Crippen MR) is 40.2 cm³/mol.